The normalized spacial score (nSPS) is 14.7. The number of carbonyl (C=O) groups is 2. The van der Waals surface area contributed by atoms with Gasteiger partial charge >= 0.3 is 0 Å². The first-order valence-electron chi connectivity index (χ1n) is 10.8. The number of hydrogen-bond donors (Lipinski definition) is 1. The van der Waals surface area contributed by atoms with E-state index >= 15 is 0 Å². The number of nitro groups is 1. The summed E-state index contributed by atoms with van der Waals surface area (Å²) in [5.41, 5.74) is 3.12. The highest BCUT2D eigenvalue weighted by Gasteiger charge is 2.34. The molecule has 176 valence electrons. The molecule has 8 nitrogen and oxygen atoms in total. The summed E-state index contributed by atoms with van der Waals surface area (Å²) < 4.78 is 5.73. The lowest BCUT2D eigenvalue weighted by molar-refractivity contribution is -0.384. The van der Waals surface area contributed by atoms with Gasteiger partial charge in [0.25, 0.3) is 17.5 Å². The minimum absolute atomic E-state index is 0.0183. The number of nitro benzene ring substituents is 1. The van der Waals surface area contributed by atoms with Gasteiger partial charge in [-0.2, -0.15) is 0 Å². The molecule has 0 aromatic heterocycles. The molecule has 0 atom stereocenters. The first kappa shape index (κ1) is 23.8. The molecule has 0 bridgehead atoms. The first-order chi connectivity index (χ1) is 16.9. The number of amides is 2. The van der Waals surface area contributed by atoms with Crippen molar-refractivity contribution < 1.29 is 19.2 Å². The van der Waals surface area contributed by atoms with Gasteiger partial charge in [0, 0.05) is 12.1 Å². The summed E-state index contributed by atoms with van der Waals surface area (Å²) in [4.78, 5) is 37.3. The molecule has 9 heteroatoms. The lowest BCUT2D eigenvalue weighted by atomic mass is 10.1. The van der Waals surface area contributed by atoms with Crippen molar-refractivity contribution in [3.8, 4) is 5.75 Å². The molecular formula is C26H21N3O5S. The maximum Gasteiger partial charge on any atom is 0.270 e. The van der Waals surface area contributed by atoms with Crippen LogP contribution in [0.1, 0.15) is 23.6 Å². The Morgan fingerprint density at radius 2 is 1.60 bits per heavy atom. The van der Waals surface area contributed by atoms with Crippen LogP contribution in [-0.2, 0) is 22.6 Å². The number of benzene rings is 3. The molecule has 1 saturated heterocycles. The smallest absolute Gasteiger partial charge is 0.270 e. The van der Waals surface area contributed by atoms with E-state index in [0.29, 0.717) is 17.0 Å². The van der Waals surface area contributed by atoms with Crippen LogP contribution in [0.4, 0.5) is 11.4 Å². The summed E-state index contributed by atoms with van der Waals surface area (Å²) in [6, 6.07) is 20.4. The average molecular weight is 488 g/mol. The van der Waals surface area contributed by atoms with E-state index < -0.39 is 16.7 Å². The van der Waals surface area contributed by atoms with Crippen molar-refractivity contribution in [2.24, 2.45) is 0 Å². The number of nitrogens with one attached hydrogen (secondary N) is 1. The number of nitrogens with zero attached hydrogens (tertiary/aromatic N) is 2. The molecule has 1 aliphatic heterocycles. The molecule has 0 unspecified atom stereocenters. The van der Waals surface area contributed by atoms with Gasteiger partial charge in [-0.05, 0) is 77.8 Å². The summed E-state index contributed by atoms with van der Waals surface area (Å²) in [6.07, 6.45) is 2.38. The average Bonchev–Trinajstić information content (AvgIpc) is 2.86. The predicted octanol–water partition coefficient (Wildman–Crippen LogP) is 4.57. The summed E-state index contributed by atoms with van der Waals surface area (Å²) in [5.74, 6) is -0.481. The number of anilines is 1. The van der Waals surface area contributed by atoms with Gasteiger partial charge < -0.3 is 4.74 Å². The van der Waals surface area contributed by atoms with E-state index in [1.54, 1.807) is 48.5 Å². The van der Waals surface area contributed by atoms with Crippen molar-refractivity contribution in [1.29, 1.82) is 0 Å². The van der Waals surface area contributed by atoms with Gasteiger partial charge in [0.2, 0.25) is 0 Å². The molecule has 0 saturated carbocycles. The molecule has 0 radical (unpaired) electrons. The Balaban J connectivity index is 1.47. The van der Waals surface area contributed by atoms with Crippen molar-refractivity contribution in [2.75, 3.05) is 4.90 Å². The van der Waals surface area contributed by atoms with Crippen molar-refractivity contribution in [1.82, 2.24) is 5.32 Å². The van der Waals surface area contributed by atoms with E-state index in [-0.39, 0.29) is 23.0 Å². The topological polar surface area (TPSA) is 102 Å². The minimum Gasteiger partial charge on any atom is -0.489 e. The van der Waals surface area contributed by atoms with E-state index in [4.69, 9.17) is 17.0 Å². The Morgan fingerprint density at radius 3 is 2.20 bits per heavy atom. The Morgan fingerprint density at radius 1 is 0.971 bits per heavy atom. The maximum atomic E-state index is 13.1. The van der Waals surface area contributed by atoms with Crippen LogP contribution in [0.25, 0.3) is 6.08 Å². The van der Waals surface area contributed by atoms with E-state index in [0.717, 1.165) is 17.5 Å². The molecule has 0 aliphatic carbocycles. The van der Waals surface area contributed by atoms with Gasteiger partial charge in [-0.15, -0.1) is 0 Å². The molecule has 1 fully saturated rings. The zero-order chi connectivity index (χ0) is 24.9. The zero-order valence-corrected chi connectivity index (χ0v) is 19.6. The molecule has 35 heavy (non-hydrogen) atoms. The van der Waals surface area contributed by atoms with Crippen molar-refractivity contribution >= 4 is 46.6 Å². The first-order valence-corrected chi connectivity index (χ1v) is 11.2. The van der Waals surface area contributed by atoms with Crippen LogP contribution in [0.2, 0.25) is 0 Å². The fourth-order valence-electron chi connectivity index (χ4n) is 3.48. The number of carbonyl (C=O) groups excluding carboxylic acids is 2. The van der Waals surface area contributed by atoms with E-state index in [2.05, 4.69) is 5.32 Å². The summed E-state index contributed by atoms with van der Waals surface area (Å²) in [6.45, 7) is 2.28. The second-order valence-electron chi connectivity index (χ2n) is 7.76. The van der Waals surface area contributed by atoms with Crippen LogP contribution in [0.5, 0.6) is 5.75 Å². The third-order valence-electron chi connectivity index (χ3n) is 5.45. The highest BCUT2D eigenvalue weighted by molar-refractivity contribution is 7.80. The SMILES string of the molecule is CCc1ccc(N2C(=O)/C(=C/c3ccc(OCc4ccc([N+](=O)[O-])cc4)cc3)C(=O)NC2=S)cc1. The zero-order valence-electron chi connectivity index (χ0n) is 18.8. The molecule has 1 N–H and O–H groups in total. The summed E-state index contributed by atoms with van der Waals surface area (Å²) in [5, 5.41) is 13.4. The summed E-state index contributed by atoms with van der Waals surface area (Å²) in [7, 11) is 0. The number of aryl methyl sites for hydroxylation is 1. The summed E-state index contributed by atoms with van der Waals surface area (Å²) >= 11 is 5.24. The Hall–Kier alpha value is -4.37. The van der Waals surface area contributed by atoms with E-state index in [9.17, 15) is 19.7 Å². The van der Waals surface area contributed by atoms with E-state index in [1.165, 1.54) is 23.1 Å². The minimum atomic E-state index is -0.556. The van der Waals surface area contributed by atoms with Crippen LogP contribution in [0.3, 0.4) is 0 Å². The predicted molar refractivity (Wildman–Crippen MR) is 136 cm³/mol. The largest absolute Gasteiger partial charge is 0.489 e. The Kier molecular flexibility index (Phi) is 6.98. The van der Waals surface area contributed by atoms with Crippen LogP contribution in [0, 0.1) is 10.1 Å². The van der Waals surface area contributed by atoms with Gasteiger partial charge in [-0.3, -0.25) is 29.9 Å². The maximum absolute atomic E-state index is 13.1. The fourth-order valence-corrected chi connectivity index (χ4v) is 3.76. The highest BCUT2D eigenvalue weighted by Crippen LogP contribution is 2.24. The second kappa shape index (κ2) is 10.3. The van der Waals surface area contributed by atoms with E-state index in [1.807, 2.05) is 19.1 Å². The Labute approximate surface area is 207 Å². The van der Waals surface area contributed by atoms with Crippen LogP contribution in [0.15, 0.2) is 78.4 Å². The molecule has 1 heterocycles. The standard InChI is InChI=1S/C26H21N3O5S/c1-2-17-3-9-20(10-4-17)28-25(31)23(24(30)27-26(28)35)15-18-7-13-22(14-8-18)34-16-19-5-11-21(12-6-19)29(32)33/h3-15H,2,16H2,1H3,(H,27,30,35)/b23-15+. The van der Waals surface area contributed by atoms with Gasteiger partial charge in [-0.1, -0.05) is 31.2 Å². The van der Waals surface area contributed by atoms with Crippen LogP contribution in [-0.4, -0.2) is 21.9 Å². The Bertz CT molecular complexity index is 1320. The van der Waals surface area contributed by atoms with Crippen molar-refractivity contribution in [3.05, 3.63) is 105 Å². The number of non-ortho nitro benzene ring substituents is 1. The fraction of sp³-hybridized carbons (Fsp3) is 0.115. The van der Waals surface area contributed by atoms with Gasteiger partial charge in [0.15, 0.2) is 5.11 Å². The van der Waals surface area contributed by atoms with Crippen LogP contribution >= 0.6 is 12.2 Å². The number of rotatable bonds is 7. The quantitative estimate of drug-likeness (QED) is 0.172. The molecule has 3 aromatic carbocycles. The van der Waals surface area contributed by atoms with Crippen LogP contribution < -0.4 is 15.0 Å². The van der Waals surface area contributed by atoms with Gasteiger partial charge in [0.05, 0.1) is 10.6 Å². The highest BCUT2D eigenvalue weighted by atomic mass is 32.1. The molecule has 0 spiro atoms. The molecule has 4 rings (SSSR count). The van der Waals surface area contributed by atoms with Crippen molar-refractivity contribution in [2.45, 2.75) is 20.0 Å². The second-order valence-corrected chi connectivity index (χ2v) is 8.15. The van der Waals surface area contributed by atoms with Crippen molar-refractivity contribution in [3.63, 3.8) is 0 Å². The molecule has 2 amide bonds. The number of thiocarbonyl (C=S) groups is 1. The van der Waals surface area contributed by atoms with Gasteiger partial charge in [0.1, 0.15) is 17.9 Å². The number of ether oxygens (including phenoxy) is 1. The molecular weight excluding hydrogens is 466 g/mol. The third kappa shape index (κ3) is 5.42. The molecule has 3 aromatic rings. The lowest BCUT2D eigenvalue weighted by Gasteiger charge is -2.29. The lowest BCUT2D eigenvalue weighted by Crippen LogP contribution is -2.54. The third-order valence-corrected chi connectivity index (χ3v) is 5.73. The monoisotopic (exact) mass is 487 g/mol. The number of hydrogen-bond acceptors (Lipinski definition) is 6. The molecule has 1 aliphatic rings. The van der Waals surface area contributed by atoms with Gasteiger partial charge in [-0.25, -0.2) is 0 Å².